The minimum absolute atomic E-state index is 0.0405. The van der Waals surface area contributed by atoms with Gasteiger partial charge >= 0.3 is 0 Å². The summed E-state index contributed by atoms with van der Waals surface area (Å²) >= 11 is 0. The molecule has 0 unspecified atom stereocenters. The van der Waals surface area contributed by atoms with E-state index in [9.17, 15) is 8.42 Å². The number of methoxy groups -OCH3 is 1. The van der Waals surface area contributed by atoms with Crippen molar-refractivity contribution in [2.75, 3.05) is 20.1 Å². The fourth-order valence-corrected chi connectivity index (χ4v) is 0.498. The summed E-state index contributed by atoms with van der Waals surface area (Å²) in [6, 6.07) is 0. The van der Waals surface area contributed by atoms with Gasteiger partial charge in [0.05, 0.1) is 6.26 Å². The van der Waals surface area contributed by atoms with Gasteiger partial charge in [-0.25, -0.2) is 8.42 Å². The summed E-state index contributed by atoms with van der Waals surface area (Å²) in [5.41, 5.74) is 0. The fourth-order valence-electron chi connectivity index (χ4n) is 0.166. The van der Waals surface area contributed by atoms with Crippen molar-refractivity contribution in [2.45, 2.75) is 0 Å². The van der Waals surface area contributed by atoms with Crippen LogP contribution < -0.4 is 4.72 Å². The first-order chi connectivity index (χ1) is 3.56. The number of nitrogens with one attached hydrogen (secondary N) is 1. The standard InChI is InChI=1S/C3H9NO3S/c1-7-3-4-8(2,5)6/h4H,3H2,1-2H3. The molecule has 50 valence electrons. The summed E-state index contributed by atoms with van der Waals surface area (Å²) in [7, 11) is -1.65. The predicted octanol–water partition coefficient (Wildman–Crippen LogP) is -0.861. The van der Waals surface area contributed by atoms with Gasteiger partial charge in [0.15, 0.2) is 0 Å². The molecule has 0 amide bonds. The van der Waals surface area contributed by atoms with E-state index in [1.54, 1.807) is 0 Å². The van der Waals surface area contributed by atoms with Crippen molar-refractivity contribution in [1.29, 1.82) is 0 Å². The Morgan fingerprint density at radius 3 is 2.25 bits per heavy atom. The molecule has 0 aliphatic carbocycles. The number of ether oxygens (including phenoxy) is 1. The Kier molecular flexibility index (Phi) is 2.96. The summed E-state index contributed by atoms with van der Waals surface area (Å²) in [4.78, 5) is 0. The van der Waals surface area contributed by atoms with Crippen molar-refractivity contribution >= 4 is 10.0 Å². The maximum absolute atomic E-state index is 10.2. The summed E-state index contributed by atoms with van der Waals surface area (Å²) in [6.07, 6.45) is 1.08. The summed E-state index contributed by atoms with van der Waals surface area (Å²) in [5, 5.41) is 0. The van der Waals surface area contributed by atoms with Crippen LogP contribution in [0.1, 0.15) is 0 Å². The Balaban J connectivity index is 3.42. The van der Waals surface area contributed by atoms with Crippen molar-refractivity contribution < 1.29 is 13.2 Å². The molecular weight excluding hydrogens is 130 g/mol. The number of hydrogen-bond donors (Lipinski definition) is 1. The average Bonchev–Trinajstić information content (AvgIpc) is 1.59. The molecule has 8 heavy (non-hydrogen) atoms. The molecule has 0 heterocycles. The average molecular weight is 139 g/mol. The number of sulfonamides is 1. The Hall–Kier alpha value is -0.130. The molecule has 0 aromatic rings. The first kappa shape index (κ1) is 7.87. The van der Waals surface area contributed by atoms with Crippen LogP contribution in [0.4, 0.5) is 0 Å². The lowest BCUT2D eigenvalue weighted by Gasteiger charge is -1.96. The zero-order valence-electron chi connectivity index (χ0n) is 4.84. The molecule has 0 atom stereocenters. The monoisotopic (exact) mass is 139 g/mol. The van der Waals surface area contributed by atoms with E-state index in [1.807, 2.05) is 0 Å². The van der Waals surface area contributed by atoms with Gasteiger partial charge in [0.2, 0.25) is 10.0 Å². The molecule has 0 bridgehead atoms. The van der Waals surface area contributed by atoms with Crippen molar-refractivity contribution in [2.24, 2.45) is 0 Å². The molecule has 0 saturated carbocycles. The highest BCUT2D eigenvalue weighted by molar-refractivity contribution is 7.88. The van der Waals surface area contributed by atoms with E-state index in [4.69, 9.17) is 0 Å². The quantitative estimate of drug-likeness (QED) is 0.518. The molecule has 4 nitrogen and oxygen atoms in total. The van der Waals surface area contributed by atoms with Gasteiger partial charge < -0.3 is 4.74 Å². The Morgan fingerprint density at radius 2 is 2.12 bits per heavy atom. The fraction of sp³-hybridized carbons (Fsp3) is 1.00. The van der Waals surface area contributed by atoms with Crippen LogP contribution in [0.15, 0.2) is 0 Å². The van der Waals surface area contributed by atoms with Crippen molar-refractivity contribution in [3.63, 3.8) is 0 Å². The Morgan fingerprint density at radius 1 is 1.62 bits per heavy atom. The first-order valence-corrected chi connectivity index (χ1v) is 3.89. The largest absolute Gasteiger partial charge is 0.369 e. The lowest BCUT2D eigenvalue weighted by Crippen LogP contribution is -2.23. The lowest BCUT2D eigenvalue weighted by atomic mass is 11.3. The molecule has 0 aromatic carbocycles. The molecule has 0 fully saturated rings. The van der Waals surface area contributed by atoms with E-state index in [1.165, 1.54) is 7.11 Å². The second kappa shape index (κ2) is 3.01. The number of hydrogen-bond acceptors (Lipinski definition) is 3. The third-order valence-corrected chi connectivity index (χ3v) is 1.11. The minimum Gasteiger partial charge on any atom is -0.369 e. The van der Waals surface area contributed by atoms with E-state index in [-0.39, 0.29) is 6.73 Å². The van der Waals surface area contributed by atoms with Gasteiger partial charge in [-0.1, -0.05) is 0 Å². The second-order valence-electron chi connectivity index (χ2n) is 1.35. The van der Waals surface area contributed by atoms with Gasteiger partial charge in [-0.05, 0) is 0 Å². The molecule has 0 spiro atoms. The van der Waals surface area contributed by atoms with E-state index in [0.717, 1.165) is 6.26 Å². The van der Waals surface area contributed by atoms with Crippen LogP contribution in [0, 0.1) is 0 Å². The molecule has 0 saturated heterocycles. The molecule has 0 radical (unpaired) electrons. The van der Waals surface area contributed by atoms with Gasteiger partial charge in [0.25, 0.3) is 0 Å². The first-order valence-electron chi connectivity index (χ1n) is 2.00. The zero-order valence-corrected chi connectivity index (χ0v) is 5.66. The molecule has 0 rings (SSSR count). The van der Waals surface area contributed by atoms with Gasteiger partial charge in [-0.3, -0.25) is 0 Å². The third-order valence-electron chi connectivity index (χ3n) is 0.465. The lowest BCUT2D eigenvalue weighted by molar-refractivity contribution is 0.194. The summed E-state index contributed by atoms with van der Waals surface area (Å²) in [6.45, 7) is 0.0405. The van der Waals surface area contributed by atoms with E-state index in [2.05, 4.69) is 9.46 Å². The second-order valence-corrected chi connectivity index (χ2v) is 3.18. The molecule has 0 aliphatic rings. The predicted molar refractivity (Wildman–Crippen MR) is 29.9 cm³/mol. The summed E-state index contributed by atoms with van der Waals surface area (Å²) in [5.74, 6) is 0. The third kappa shape index (κ3) is 5.87. The highest BCUT2D eigenvalue weighted by Gasteiger charge is 1.95. The number of rotatable bonds is 3. The van der Waals surface area contributed by atoms with Gasteiger partial charge in [0.1, 0.15) is 6.73 Å². The van der Waals surface area contributed by atoms with E-state index >= 15 is 0 Å². The van der Waals surface area contributed by atoms with Crippen LogP contribution >= 0.6 is 0 Å². The molecule has 1 N–H and O–H groups in total. The Labute approximate surface area is 48.9 Å². The van der Waals surface area contributed by atoms with Crippen LogP contribution in [-0.4, -0.2) is 28.5 Å². The van der Waals surface area contributed by atoms with Crippen LogP contribution in [-0.2, 0) is 14.8 Å². The highest BCUT2D eigenvalue weighted by Crippen LogP contribution is 1.70. The molecular formula is C3H9NO3S. The molecule has 0 aromatic heterocycles. The SMILES string of the molecule is COCNS(C)(=O)=O. The molecule has 0 aliphatic heterocycles. The maximum atomic E-state index is 10.2. The Bertz CT molecular complexity index is 139. The molecule has 5 heteroatoms. The normalized spacial score (nSPS) is 11.8. The highest BCUT2D eigenvalue weighted by atomic mass is 32.2. The van der Waals surface area contributed by atoms with Crippen LogP contribution in [0.5, 0.6) is 0 Å². The van der Waals surface area contributed by atoms with Crippen LogP contribution in [0.25, 0.3) is 0 Å². The van der Waals surface area contributed by atoms with Crippen molar-refractivity contribution in [3.05, 3.63) is 0 Å². The maximum Gasteiger partial charge on any atom is 0.210 e. The minimum atomic E-state index is -3.06. The zero-order chi connectivity index (χ0) is 6.62. The smallest absolute Gasteiger partial charge is 0.210 e. The van der Waals surface area contributed by atoms with Crippen LogP contribution in [0.3, 0.4) is 0 Å². The van der Waals surface area contributed by atoms with E-state index < -0.39 is 10.0 Å². The summed E-state index contributed by atoms with van der Waals surface area (Å²) < 4.78 is 26.9. The topological polar surface area (TPSA) is 55.4 Å². The van der Waals surface area contributed by atoms with Gasteiger partial charge in [-0.15, -0.1) is 0 Å². The van der Waals surface area contributed by atoms with Crippen molar-refractivity contribution in [3.8, 4) is 0 Å². The van der Waals surface area contributed by atoms with Gasteiger partial charge in [0, 0.05) is 7.11 Å². The van der Waals surface area contributed by atoms with Gasteiger partial charge in [-0.2, -0.15) is 4.72 Å². The van der Waals surface area contributed by atoms with Crippen molar-refractivity contribution in [1.82, 2.24) is 4.72 Å². The van der Waals surface area contributed by atoms with Crippen LogP contribution in [0.2, 0.25) is 0 Å². The van der Waals surface area contributed by atoms with E-state index in [0.29, 0.717) is 0 Å².